The Morgan fingerprint density at radius 2 is 1.86 bits per heavy atom. The number of hydrogen-bond acceptors (Lipinski definition) is 6. The lowest BCUT2D eigenvalue weighted by Gasteiger charge is -2.13. The van der Waals surface area contributed by atoms with Gasteiger partial charge in [0.25, 0.3) is 5.91 Å². The Bertz CT molecular complexity index is 915. The highest BCUT2D eigenvalue weighted by Crippen LogP contribution is 2.16. The Hall–Kier alpha value is -3.13. The Morgan fingerprint density at radius 1 is 1.11 bits per heavy atom. The molecule has 7 nitrogen and oxygen atoms in total. The third kappa shape index (κ3) is 5.95. The minimum absolute atomic E-state index is 0.0701. The van der Waals surface area contributed by atoms with Crippen molar-refractivity contribution in [3.8, 4) is 0 Å². The molecule has 0 saturated heterocycles. The van der Waals surface area contributed by atoms with Crippen LogP contribution in [0.2, 0.25) is 0 Å². The number of hydrogen-bond donors (Lipinski definition) is 2. The van der Waals surface area contributed by atoms with Crippen LogP contribution in [0.5, 0.6) is 0 Å². The molecule has 1 aromatic carbocycles. The molecule has 0 radical (unpaired) electrons. The molecule has 3 rings (SSSR count). The molecule has 2 amide bonds. The summed E-state index contributed by atoms with van der Waals surface area (Å²) in [6.07, 6.45) is 4.95. The molecule has 0 saturated carbocycles. The van der Waals surface area contributed by atoms with E-state index in [1.54, 1.807) is 11.4 Å². The van der Waals surface area contributed by atoms with Crippen LogP contribution >= 0.6 is 11.3 Å². The average molecular weight is 395 g/mol. The van der Waals surface area contributed by atoms with Gasteiger partial charge in [-0.05, 0) is 31.4 Å². The second-order valence-electron chi connectivity index (χ2n) is 6.34. The van der Waals surface area contributed by atoms with E-state index in [9.17, 15) is 9.59 Å². The average Bonchev–Trinajstić information content (AvgIpc) is 3.14. The molecule has 2 aromatic heterocycles. The lowest BCUT2D eigenvalue weighted by molar-refractivity contribution is -0.121. The highest BCUT2D eigenvalue weighted by atomic mass is 32.1. The maximum absolute atomic E-state index is 12.2. The van der Waals surface area contributed by atoms with E-state index >= 15 is 0 Å². The van der Waals surface area contributed by atoms with E-state index in [1.165, 1.54) is 29.3 Å². The summed E-state index contributed by atoms with van der Waals surface area (Å²) < 4.78 is 0. The van der Waals surface area contributed by atoms with Gasteiger partial charge in [-0.3, -0.25) is 14.9 Å². The van der Waals surface area contributed by atoms with E-state index in [0.717, 1.165) is 12.8 Å². The first kappa shape index (κ1) is 19.6. The number of aryl methyl sites for hydroxylation is 1. The number of thiazole rings is 1. The Kier molecular flexibility index (Phi) is 6.80. The van der Waals surface area contributed by atoms with Crippen molar-refractivity contribution < 1.29 is 9.59 Å². The molecule has 0 aliphatic carbocycles. The zero-order valence-electron chi connectivity index (χ0n) is 15.5. The second kappa shape index (κ2) is 9.70. The topological polar surface area (TPSA) is 96.9 Å². The van der Waals surface area contributed by atoms with Crippen LogP contribution in [0, 0.1) is 0 Å². The second-order valence-corrected chi connectivity index (χ2v) is 7.20. The SMILES string of the molecule is CC(CCc1ccccc1)NC(=O)Cc1csc(NC(=O)c2ncccn2)n1. The highest BCUT2D eigenvalue weighted by molar-refractivity contribution is 7.14. The summed E-state index contributed by atoms with van der Waals surface area (Å²) in [6.45, 7) is 1.99. The maximum atomic E-state index is 12.2. The number of carbonyl (C=O) groups excluding carboxylic acids is 2. The number of benzene rings is 1. The smallest absolute Gasteiger partial charge is 0.295 e. The van der Waals surface area contributed by atoms with Crippen LogP contribution in [0.25, 0.3) is 0 Å². The summed E-state index contributed by atoms with van der Waals surface area (Å²) >= 11 is 1.26. The van der Waals surface area contributed by atoms with Crippen LogP contribution in [-0.4, -0.2) is 32.8 Å². The van der Waals surface area contributed by atoms with E-state index in [4.69, 9.17) is 0 Å². The van der Waals surface area contributed by atoms with Crippen molar-refractivity contribution >= 4 is 28.3 Å². The molecule has 28 heavy (non-hydrogen) atoms. The third-order valence-electron chi connectivity index (χ3n) is 4.00. The molecule has 3 aromatic rings. The quantitative estimate of drug-likeness (QED) is 0.611. The molecule has 2 heterocycles. The summed E-state index contributed by atoms with van der Waals surface area (Å²) in [5.74, 6) is -0.445. The molecule has 1 unspecified atom stereocenters. The first-order valence-corrected chi connectivity index (χ1v) is 9.84. The zero-order valence-corrected chi connectivity index (χ0v) is 16.3. The number of amides is 2. The van der Waals surface area contributed by atoms with Gasteiger partial charge in [-0.15, -0.1) is 11.3 Å². The van der Waals surface area contributed by atoms with Crippen molar-refractivity contribution in [2.45, 2.75) is 32.2 Å². The van der Waals surface area contributed by atoms with E-state index in [2.05, 4.69) is 37.7 Å². The van der Waals surface area contributed by atoms with Gasteiger partial charge < -0.3 is 5.32 Å². The standard InChI is InChI=1S/C20H21N5O2S/c1-14(8-9-15-6-3-2-4-7-15)23-17(26)12-16-13-28-20(24-16)25-19(27)18-21-10-5-11-22-18/h2-7,10-11,13-14H,8-9,12H2,1H3,(H,23,26)(H,24,25,27). The number of nitrogens with one attached hydrogen (secondary N) is 2. The normalized spacial score (nSPS) is 11.6. The molecule has 8 heteroatoms. The fourth-order valence-electron chi connectivity index (χ4n) is 2.61. The highest BCUT2D eigenvalue weighted by Gasteiger charge is 2.14. The van der Waals surface area contributed by atoms with Gasteiger partial charge in [0.05, 0.1) is 12.1 Å². The molecule has 1 atom stereocenters. The predicted octanol–water partition coefficient (Wildman–Crippen LogP) is 2.87. The van der Waals surface area contributed by atoms with Crippen molar-refractivity contribution in [1.82, 2.24) is 20.3 Å². The van der Waals surface area contributed by atoms with Crippen LogP contribution < -0.4 is 10.6 Å². The van der Waals surface area contributed by atoms with Crippen LogP contribution in [0.3, 0.4) is 0 Å². The minimum atomic E-state index is -0.430. The monoisotopic (exact) mass is 395 g/mol. The van der Waals surface area contributed by atoms with Gasteiger partial charge >= 0.3 is 0 Å². The van der Waals surface area contributed by atoms with Crippen LogP contribution in [0.1, 0.15) is 35.2 Å². The van der Waals surface area contributed by atoms with Gasteiger partial charge in [0.2, 0.25) is 11.7 Å². The van der Waals surface area contributed by atoms with E-state index in [0.29, 0.717) is 10.8 Å². The Morgan fingerprint density at radius 3 is 2.61 bits per heavy atom. The van der Waals surface area contributed by atoms with Crippen LogP contribution in [0.4, 0.5) is 5.13 Å². The molecule has 0 spiro atoms. The molecule has 144 valence electrons. The molecular formula is C20H21N5O2S. The number of rotatable bonds is 8. The van der Waals surface area contributed by atoms with Crippen LogP contribution in [-0.2, 0) is 17.6 Å². The van der Waals surface area contributed by atoms with Gasteiger partial charge in [-0.1, -0.05) is 30.3 Å². The van der Waals surface area contributed by atoms with Gasteiger partial charge in [-0.25, -0.2) is 15.0 Å². The molecular weight excluding hydrogens is 374 g/mol. The fraction of sp³-hybridized carbons (Fsp3) is 0.250. The summed E-state index contributed by atoms with van der Waals surface area (Å²) in [6, 6.07) is 11.9. The third-order valence-corrected chi connectivity index (χ3v) is 4.81. The van der Waals surface area contributed by atoms with Crippen molar-refractivity contribution in [2.75, 3.05) is 5.32 Å². The molecule has 0 fully saturated rings. The van der Waals surface area contributed by atoms with Crippen LogP contribution in [0.15, 0.2) is 54.2 Å². The Labute approximate surface area is 167 Å². The number of carbonyl (C=O) groups is 2. The minimum Gasteiger partial charge on any atom is -0.353 e. The van der Waals surface area contributed by atoms with Crippen molar-refractivity contribution in [1.29, 1.82) is 0 Å². The molecule has 0 aliphatic rings. The molecule has 0 bridgehead atoms. The molecule has 2 N–H and O–H groups in total. The van der Waals surface area contributed by atoms with Gasteiger partial charge in [0.15, 0.2) is 5.13 Å². The molecule has 0 aliphatic heterocycles. The van der Waals surface area contributed by atoms with Crippen molar-refractivity contribution in [3.05, 3.63) is 71.3 Å². The zero-order chi connectivity index (χ0) is 19.8. The van der Waals surface area contributed by atoms with E-state index < -0.39 is 5.91 Å². The number of aromatic nitrogens is 3. The number of anilines is 1. The van der Waals surface area contributed by atoms with Gasteiger partial charge in [-0.2, -0.15) is 0 Å². The number of nitrogens with zero attached hydrogens (tertiary/aromatic N) is 3. The first-order chi connectivity index (χ1) is 13.6. The van der Waals surface area contributed by atoms with E-state index in [-0.39, 0.29) is 24.2 Å². The van der Waals surface area contributed by atoms with Gasteiger partial charge in [0.1, 0.15) is 0 Å². The summed E-state index contributed by atoms with van der Waals surface area (Å²) in [4.78, 5) is 36.3. The summed E-state index contributed by atoms with van der Waals surface area (Å²) in [5.41, 5.74) is 1.87. The Balaban J connectivity index is 1.45. The first-order valence-electron chi connectivity index (χ1n) is 8.96. The lowest BCUT2D eigenvalue weighted by atomic mass is 10.1. The van der Waals surface area contributed by atoms with E-state index in [1.807, 2.05) is 25.1 Å². The van der Waals surface area contributed by atoms with Crippen molar-refractivity contribution in [2.24, 2.45) is 0 Å². The fourth-order valence-corrected chi connectivity index (χ4v) is 3.31. The lowest BCUT2D eigenvalue weighted by Crippen LogP contribution is -2.34. The van der Waals surface area contributed by atoms with Gasteiger partial charge in [0, 0.05) is 23.8 Å². The predicted molar refractivity (Wildman–Crippen MR) is 108 cm³/mol. The summed E-state index contributed by atoms with van der Waals surface area (Å²) in [5, 5.41) is 7.81. The maximum Gasteiger partial charge on any atom is 0.295 e. The van der Waals surface area contributed by atoms with Crippen molar-refractivity contribution in [3.63, 3.8) is 0 Å². The summed E-state index contributed by atoms with van der Waals surface area (Å²) in [7, 11) is 0. The largest absolute Gasteiger partial charge is 0.353 e.